The number of ketones is 1. The van der Waals surface area contributed by atoms with Gasteiger partial charge in [0, 0.05) is 37.3 Å². The number of methoxy groups -OCH3 is 1. The molecule has 1 fully saturated rings. The summed E-state index contributed by atoms with van der Waals surface area (Å²) in [6, 6.07) is 9.12. The van der Waals surface area contributed by atoms with Gasteiger partial charge < -0.3 is 19.8 Å². The summed E-state index contributed by atoms with van der Waals surface area (Å²) in [4.78, 5) is 42.5. The number of fused-ring (bicyclic) bond motifs is 1. The van der Waals surface area contributed by atoms with Crippen LogP contribution < -0.4 is 15.6 Å². The van der Waals surface area contributed by atoms with Gasteiger partial charge in [0.05, 0.1) is 26.4 Å². The zero-order valence-electron chi connectivity index (χ0n) is 17.6. The quantitative estimate of drug-likeness (QED) is 0.731. The number of ether oxygens (including phenoxy) is 2. The Balaban J connectivity index is 1.53. The molecule has 0 unspecified atom stereocenters. The van der Waals surface area contributed by atoms with E-state index in [1.165, 1.54) is 6.07 Å². The first-order valence-corrected chi connectivity index (χ1v) is 10.6. The molecule has 1 saturated heterocycles. The monoisotopic (exact) mass is 425 g/mol. The number of nitrogens with zero attached hydrogens (tertiary/aromatic N) is 1. The molecule has 0 spiro atoms. The maximum absolute atomic E-state index is 12.9. The first-order valence-electron chi connectivity index (χ1n) is 10.6. The number of H-pyrrole nitrogens is 1. The standard InChI is InChI=1S/C23H27N3O5/c1-30-16-7-5-15(6-8-16)20(26-9-11-31-12-10-26)14-24-22(28)18-13-17-19(25-23(18)29)3-2-4-21(17)27/h5-8,13,20H,2-4,9-12,14H2,1H3,(H,24,28)(H,25,29)/t20-/m0/s1. The lowest BCUT2D eigenvalue weighted by Crippen LogP contribution is -2.44. The van der Waals surface area contributed by atoms with Gasteiger partial charge in [-0.25, -0.2) is 0 Å². The molecule has 0 bridgehead atoms. The normalized spacial score (nSPS) is 17.6. The van der Waals surface area contributed by atoms with Crippen molar-refractivity contribution in [2.24, 2.45) is 0 Å². The Bertz CT molecular complexity index is 1010. The fraction of sp³-hybridized carbons (Fsp3) is 0.435. The van der Waals surface area contributed by atoms with Gasteiger partial charge in [-0.05, 0) is 36.6 Å². The first-order chi connectivity index (χ1) is 15.1. The number of rotatable bonds is 6. The van der Waals surface area contributed by atoms with E-state index in [0.717, 1.165) is 30.8 Å². The van der Waals surface area contributed by atoms with E-state index in [2.05, 4.69) is 15.2 Å². The molecule has 0 radical (unpaired) electrons. The lowest BCUT2D eigenvalue weighted by molar-refractivity contribution is 0.0162. The number of aromatic amines is 1. The summed E-state index contributed by atoms with van der Waals surface area (Å²) in [6.07, 6.45) is 1.81. The Hall–Kier alpha value is -2.97. The highest BCUT2D eigenvalue weighted by atomic mass is 16.5. The van der Waals surface area contributed by atoms with Crippen LogP contribution in [-0.4, -0.2) is 61.5 Å². The van der Waals surface area contributed by atoms with Crippen molar-refractivity contribution in [1.82, 2.24) is 15.2 Å². The molecule has 1 aliphatic heterocycles. The van der Waals surface area contributed by atoms with Crippen LogP contribution >= 0.6 is 0 Å². The second-order valence-electron chi connectivity index (χ2n) is 7.83. The van der Waals surface area contributed by atoms with E-state index in [9.17, 15) is 14.4 Å². The van der Waals surface area contributed by atoms with Gasteiger partial charge in [-0.3, -0.25) is 19.3 Å². The highest BCUT2D eigenvalue weighted by molar-refractivity contribution is 6.01. The minimum atomic E-state index is -0.478. The molecule has 2 aliphatic rings. The third kappa shape index (κ3) is 4.70. The molecule has 2 heterocycles. The molecule has 1 amide bonds. The number of aromatic nitrogens is 1. The molecule has 31 heavy (non-hydrogen) atoms. The molecule has 1 aliphatic carbocycles. The summed E-state index contributed by atoms with van der Waals surface area (Å²) < 4.78 is 10.7. The van der Waals surface area contributed by atoms with Gasteiger partial charge in [-0.1, -0.05) is 12.1 Å². The van der Waals surface area contributed by atoms with E-state index >= 15 is 0 Å². The second kappa shape index (κ2) is 9.45. The highest BCUT2D eigenvalue weighted by Crippen LogP contribution is 2.24. The number of aryl methyl sites for hydroxylation is 1. The van der Waals surface area contributed by atoms with Gasteiger partial charge in [0.2, 0.25) is 0 Å². The molecule has 8 nitrogen and oxygen atoms in total. The Morgan fingerprint density at radius 1 is 1.19 bits per heavy atom. The third-order valence-corrected chi connectivity index (χ3v) is 5.94. The third-order valence-electron chi connectivity index (χ3n) is 5.94. The topological polar surface area (TPSA) is 101 Å². The van der Waals surface area contributed by atoms with E-state index in [1.807, 2.05) is 24.3 Å². The number of pyridine rings is 1. The maximum atomic E-state index is 12.9. The van der Waals surface area contributed by atoms with Crippen molar-refractivity contribution >= 4 is 11.7 Å². The van der Waals surface area contributed by atoms with E-state index in [0.29, 0.717) is 43.9 Å². The van der Waals surface area contributed by atoms with Crippen molar-refractivity contribution in [2.45, 2.75) is 25.3 Å². The average Bonchev–Trinajstić information content (AvgIpc) is 2.80. The molecule has 8 heteroatoms. The van der Waals surface area contributed by atoms with Gasteiger partial charge in [0.25, 0.3) is 11.5 Å². The molecule has 1 atom stereocenters. The van der Waals surface area contributed by atoms with E-state index in [-0.39, 0.29) is 17.4 Å². The lowest BCUT2D eigenvalue weighted by atomic mass is 9.93. The molecule has 2 N–H and O–H groups in total. The number of carbonyl (C=O) groups is 2. The maximum Gasteiger partial charge on any atom is 0.261 e. The molecule has 1 aromatic carbocycles. The zero-order valence-corrected chi connectivity index (χ0v) is 17.6. The Labute approximate surface area is 180 Å². The Morgan fingerprint density at radius 3 is 2.65 bits per heavy atom. The number of hydrogen-bond acceptors (Lipinski definition) is 6. The number of nitrogens with one attached hydrogen (secondary N) is 2. The van der Waals surface area contributed by atoms with Crippen molar-refractivity contribution < 1.29 is 19.1 Å². The number of amides is 1. The van der Waals surface area contributed by atoms with E-state index in [1.54, 1.807) is 7.11 Å². The van der Waals surface area contributed by atoms with Gasteiger partial charge in [0.15, 0.2) is 5.78 Å². The first kappa shape index (κ1) is 21.3. The minimum absolute atomic E-state index is 0.0236. The summed E-state index contributed by atoms with van der Waals surface area (Å²) in [7, 11) is 1.62. The van der Waals surface area contributed by atoms with Gasteiger partial charge >= 0.3 is 0 Å². The Morgan fingerprint density at radius 2 is 1.94 bits per heavy atom. The van der Waals surface area contributed by atoms with Crippen LogP contribution in [0.25, 0.3) is 0 Å². The van der Waals surface area contributed by atoms with Crippen molar-refractivity contribution in [3.63, 3.8) is 0 Å². The van der Waals surface area contributed by atoms with Crippen molar-refractivity contribution in [3.05, 3.63) is 63.1 Å². The highest BCUT2D eigenvalue weighted by Gasteiger charge is 2.25. The summed E-state index contributed by atoms with van der Waals surface area (Å²) in [5.74, 6) is 0.254. The summed E-state index contributed by atoms with van der Waals surface area (Å²) in [5.41, 5.74) is 1.64. The SMILES string of the molecule is COc1ccc([C@H](CNC(=O)c2cc3c([nH]c2=O)CCCC3=O)N2CCOCC2)cc1. The van der Waals surface area contributed by atoms with E-state index < -0.39 is 11.5 Å². The molecule has 4 rings (SSSR count). The number of carbonyl (C=O) groups excluding carboxylic acids is 2. The van der Waals surface area contributed by atoms with Crippen LogP contribution in [0.2, 0.25) is 0 Å². The number of Topliss-reactive ketones (excluding diaryl/α,β-unsaturated/α-hetero) is 1. The number of hydrogen-bond donors (Lipinski definition) is 2. The lowest BCUT2D eigenvalue weighted by Gasteiger charge is -2.35. The average molecular weight is 425 g/mol. The number of benzene rings is 1. The van der Waals surface area contributed by atoms with Gasteiger partial charge in [-0.15, -0.1) is 0 Å². The van der Waals surface area contributed by atoms with Gasteiger partial charge in [-0.2, -0.15) is 0 Å². The predicted molar refractivity (Wildman–Crippen MR) is 115 cm³/mol. The van der Waals surface area contributed by atoms with E-state index in [4.69, 9.17) is 9.47 Å². The smallest absolute Gasteiger partial charge is 0.261 e. The Kier molecular flexibility index (Phi) is 6.48. The minimum Gasteiger partial charge on any atom is -0.497 e. The molecule has 2 aromatic rings. The van der Waals surface area contributed by atoms with Crippen molar-refractivity contribution in [1.29, 1.82) is 0 Å². The number of morpholine rings is 1. The van der Waals surface area contributed by atoms with Crippen LogP contribution in [0.15, 0.2) is 35.1 Å². The van der Waals surface area contributed by atoms with Crippen LogP contribution in [0.1, 0.15) is 50.9 Å². The van der Waals surface area contributed by atoms with Crippen LogP contribution in [0, 0.1) is 0 Å². The van der Waals surface area contributed by atoms with Crippen molar-refractivity contribution in [2.75, 3.05) is 40.0 Å². The summed E-state index contributed by atoms with van der Waals surface area (Å²) >= 11 is 0. The predicted octanol–water partition coefficient (Wildman–Crippen LogP) is 1.71. The van der Waals surface area contributed by atoms with Crippen LogP contribution in [0.3, 0.4) is 0 Å². The van der Waals surface area contributed by atoms with Crippen LogP contribution in [0.5, 0.6) is 5.75 Å². The van der Waals surface area contributed by atoms with Crippen LogP contribution in [-0.2, 0) is 11.2 Å². The van der Waals surface area contributed by atoms with Gasteiger partial charge in [0.1, 0.15) is 11.3 Å². The molecule has 0 saturated carbocycles. The molecular weight excluding hydrogens is 398 g/mol. The largest absolute Gasteiger partial charge is 0.497 e. The second-order valence-corrected chi connectivity index (χ2v) is 7.83. The summed E-state index contributed by atoms with van der Waals surface area (Å²) in [6.45, 7) is 3.09. The molecule has 1 aromatic heterocycles. The fourth-order valence-corrected chi connectivity index (χ4v) is 4.20. The summed E-state index contributed by atoms with van der Waals surface area (Å²) in [5, 5.41) is 2.90. The fourth-order valence-electron chi connectivity index (χ4n) is 4.20. The molecular formula is C23H27N3O5. The van der Waals surface area contributed by atoms with Crippen LogP contribution in [0.4, 0.5) is 0 Å². The zero-order chi connectivity index (χ0) is 21.8. The molecule has 164 valence electrons. The van der Waals surface area contributed by atoms with Crippen molar-refractivity contribution in [3.8, 4) is 5.75 Å².